The molecule has 1 N–H and O–H groups in total. The van der Waals surface area contributed by atoms with E-state index < -0.39 is 17.9 Å². The maximum atomic E-state index is 13.4. The van der Waals surface area contributed by atoms with Gasteiger partial charge in [0, 0.05) is 31.0 Å². The predicted molar refractivity (Wildman–Crippen MR) is 148 cm³/mol. The van der Waals surface area contributed by atoms with Crippen LogP contribution >= 0.6 is 11.6 Å². The van der Waals surface area contributed by atoms with Gasteiger partial charge >= 0.3 is 11.9 Å². The van der Waals surface area contributed by atoms with Gasteiger partial charge in [-0.1, -0.05) is 16.8 Å². The minimum atomic E-state index is -4.17. The van der Waals surface area contributed by atoms with E-state index >= 15 is 0 Å². The van der Waals surface area contributed by atoms with Gasteiger partial charge in [0.1, 0.15) is 5.69 Å². The summed E-state index contributed by atoms with van der Waals surface area (Å²) in [6.45, 7) is 1.71. The van der Waals surface area contributed by atoms with E-state index in [1.807, 2.05) is 0 Å². The normalized spacial score (nSPS) is 24.8. The first-order valence-electron chi connectivity index (χ1n) is 14.3. The average Bonchev–Trinajstić information content (AvgIpc) is 3.71. The molecule has 222 valence electrons. The average molecular weight is 604 g/mol. The molecule has 0 unspecified atom stereocenters. The Morgan fingerprint density at radius 1 is 1.07 bits per heavy atom. The van der Waals surface area contributed by atoms with Crippen molar-refractivity contribution in [2.24, 2.45) is 11.8 Å². The van der Waals surface area contributed by atoms with E-state index in [-0.39, 0.29) is 36.7 Å². The molecule has 7 rings (SSSR count). The number of pyridine rings is 2. The van der Waals surface area contributed by atoms with Gasteiger partial charge in [0.15, 0.2) is 0 Å². The lowest BCUT2D eigenvalue weighted by atomic mass is 9.81. The van der Waals surface area contributed by atoms with Gasteiger partial charge in [-0.05, 0) is 63.0 Å². The molecule has 0 bridgehead atoms. The van der Waals surface area contributed by atoms with Crippen LogP contribution in [0, 0.1) is 11.8 Å². The molecule has 2 atom stereocenters. The van der Waals surface area contributed by atoms with Crippen LogP contribution in [0.25, 0.3) is 33.8 Å². The van der Waals surface area contributed by atoms with Crippen molar-refractivity contribution in [2.75, 3.05) is 18.1 Å². The van der Waals surface area contributed by atoms with Gasteiger partial charge in [-0.25, -0.2) is 14.8 Å². The number of imidazole rings is 1. The van der Waals surface area contributed by atoms with Crippen molar-refractivity contribution >= 4 is 28.6 Å². The molecule has 0 spiro atoms. The lowest BCUT2D eigenvalue weighted by molar-refractivity contribution is -0.184. The number of morpholine rings is 1. The third kappa shape index (κ3) is 5.06. The second-order valence-electron chi connectivity index (χ2n) is 11.4. The van der Waals surface area contributed by atoms with E-state index in [9.17, 15) is 18.0 Å². The van der Waals surface area contributed by atoms with Crippen LogP contribution in [0.2, 0.25) is 5.02 Å². The number of anilines is 1. The van der Waals surface area contributed by atoms with Gasteiger partial charge in [0.2, 0.25) is 11.8 Å². The predicted octanol–water partition coefficient (Wildman–Crippen LogP) is 5.62. The largest absolute Gasteiger partial charge is 0.439 e. The van der Waals surface area contributed by atoms with Crippen molar-refractivity contribution in [3.8, 4) is 22.8 Å². The summed E-state index contributed by atoms with van der Waals surface area (Å²) >= 11 is 6.34. The first-order chi connectivity index (χ1) is 20.2. The van der Waals surface area contributed by atoms with E-state index in [0.29, 0.717) is 60.0 Å². The van der Waals surface area contributed by atoms with Crippen molar-refractivity contribution in [2.45, 2.75) is 69.8 Å². The fraction of sp³-hybridized carbons (Fsp3) is 0.536. The highest BCUT2D eigenvalue weighted by Gasteiger charge is 2.42. The van der Waals surface area contributed by atoms with E-state index in [4.69, 9.17) is 30.8 Å². The van der Waals surface area contributed by atoms with Crippen LogP contribution in [-0.2, 0) is 11.3 Å². The van der Waals surface area contributed by atoms with Crippen molar-refractivity contribution < 1.29 is 22.4 Å². The molecule has 5 heterocycles. The van der Waals surface area contributed by atoms with Gasteiger partial charge < -0.3 is 14.2 Å². The summed E-state index contributed by atoms with van der Waals surface area (Å²) < 4.78 is 53.3. The summed E-state index contributed by atoms with van der Waals surface area (Å²) in [6.07, 6.45) is 3.30. The number of hydrogen-bond donors (Lipinski definition) is 1. The Hall–Kier alpha value is -3.45. The molecule has 3 fully saturated rings. The third-order valence-electron chi connectivity index (χ3n) is 8.86. The molecule has 2 aliphatic carbocycles. The fourth-order valence-corrected chi connectivity index (χ4v) is 7.02. The molecule has 10 nitrogen and oxygen atoms in total. The first kappa shape index (κ1) is 27.4. The van der Waals surface area contributed by atoms with Gasteiger partial charge in [-0.3, -0.25) is 14.5 Å². The molecule has 0 radical (unpaired) electrons. The summed E-state index contributed by atoms with van der Waals surface area (Å²) in [6, 6.07) is 3.65. The Morgan fingerprint density at radius 3 is 2.64 bits per heavy atom. The Labute approximate surface area is 243 Å². The summed E-state index contributed by atoms with van der Waals surface area (Å²) in [4.78, 5) is 30.9. The number of aromatic nitrogens is 6. The van der Waals surface area contributed by atoms with E-state index in [0.717, 1.165) is 30.7 Å². The Balaban J connectivity index is 1.39. The van der Waals surface area contributed by atoms with Gasteiger partial charge in [0.25, 0.3) is 0 Å². The molecule has 0 amide bonds. The molecule has 0 aromatic carbocycles. The molecule has 4 aromatic rings. The van der Waals surface area contributed by atoms with Crippen LogP contribution in [0.15, 0.2) is 33.8 Å². The Morgan fingerprint density at radius 2 is 1.90 bits per heavy atom. The Bertz CT molecular complexity index is 1660. The smallest absolute Gasteiger partial charge is 0.374 e. The topological polar surface area (TPSA) is 115 Å². The van der Waals surface area contributed by atoms with E-state index in [1.165, 1.54) is 6.20 Å². The highest BCUT2D eigenvalue weighted by Crippen LogP contribution is 2.42. The van der Waals surface area contributed by atoms with Gasteiger partial charge in [-0.15, -0.1) is 0 Å². The third-order valence-corrected chi connectivity index (χ3v) is 9.06. The zero-order chi connectivity index (χ0) is 29.0. The number of hydrogen-bond acceptors (Lipinski definition) is 8. The van der Waals surface area contributed by atoms with E-state index in [2.05, 4.69) is 24.6 Å². The quantitative estimate of drug-likeness (QED) is 0.313. The summed E-state index contributed by atoms with van der Waals surface area (Å²) in [7, 11) is 0. The molecule has 14 heteroatoms. The summed E-state index contributed by atoms with van der Waals surface area (Å²) in [5, 5.41) is 4.25. The van der Waals surface area contributed by atoms with Gasteiger partial charge in [-0.2, -0.15) is 13.2 Å². The molecule has 4 aromatic heterocycles. The van der Waals surface area contributed by atoms with Crippen LogP contribution in [0.1, 0.15) is 44.9 Å². The number of alkyl halides is 3. The molecule has 1 saturated heterocycles. The second-order valence-corrected chi connectivity index (χ2v) is 11.9. The number of H-pyrrole nitrogens is 1. The molecule has 2 saturated carbocycles. The SMILES string of the molecule is O=c1[nH]c(-c2cc3nc(N4CCO[C@H]5CCC[C@@H]54)n(C[C@H]4CC[C@H](C(F)(F)F)CC4)c3c(-c3cncc(Cl)c3)n2)no1. The number of aromatic amines is 1. The first-order valence-corrected chi connectivity index (χ1v) is 14.7. The number of ether oxygens (including phenoxy) is 1. The second kappa shape index (κ2) is 10.7. The minimum Gasteiger partial charge on any atom is -0.374 e. The maximum absolute atomic E-state index is 13.4. The molecule has 3 aliphatic rings. The molecular weight excluding hydrogens is 575 g/mol. The minimum absolute atomic E-state index is 0.0390. The highest BCUT2D eigenvalue weighted by atomic mass is 35.5. The zero-order valence-electron chi connectivity index (χ0n) is 22.6. The Kier molecular flexibility index (Phi) is 6.96. The van der Waals surface area contributed by atoms with Crippen LogP contribution in [0.4, 0.5) is 19.1 Å². The fourth-order valence-electron chi connectivity index (χ4n) is 6.85. The summed E-state index contributed by atoms with van der Waals surface area (Å²) in [5.74, 6) is -1.03. The number of rotatable bonds is 5. The summed E-state index contributed by atoms with van der Waals surface area (Å²) in [5.41, 5.74) is 2.85. The van der Waals surface area contributed by atoms with Crippen molar-refractivity contribution in [3.63, 3.8) is 0 Å². The highest BCUT2D eigenvalue weighted by molar-refractivity contribution is 6.30. The van der Waals surface area contributed by atoms with Crippen LogP contribution < -0.4 is 10.7 Å². The van der Waals surface area contributed by atoms with Crippen molar-refractivity contribution in [1.29, 1.82) is 0 Å². The lowest BCUT2D eigenvalue weighted by Crippen LogP contribution is -2.49. The van der Waals surface area contributed by atoms with Crippen molar-refractivity contribution in [1.82, 2.24) is 29.7 Å². The molecule has 42 heavy (non-hydrogen) atoms. The number of nitrogens with zero attached hydrogens (tertiary/aromatic N) is 6. The van der Waals surface area contributed by atoms with Gasteiger partial charge in [0.05, 0.1) is 46.4 Å². The zero-order valence-corrected chi connectivity index (χ0v) is 23.4. The van der Waals surface area contributed by atoms with Crippen LogP contribution in [0.3, 0.4) is 0 Å². The maximum Gasteiger partial charge on any atom is 0.439 e. The number of halogens is 4. The van der Waals surface area contributed by atoms with Crippen molar-refractivity contribution in [3.05, 3.63) is 40.1 Å². The molecule has 1 aliphatic heterocycles. The number of nitrogens with one attached hydrogen (secondary N) is 1. The van der Waals surface area contributed by atoms with E-state index in [1.54, 1.807) is 18.3 Å². The molecular formula is C28H29ClF3N7O3. The standard InChI is InChI=1S/C28H29ClF3N7O3/c29-18-10-16(12-33-13-18)23-24-19(11-20(34-23)25-36-27(40)42-37-25)35-26(38-8-9-41-22-3-1-2-21(22)38)39(24)14-15-4-6-17(7-5-15)28(30,31)32/h10-13,15,17,21-22H,1-9,14H2,(H,36,37,40)/t15-,17-,21-,22-/m0/s1. The lowest BCUT2D eigenvalue weighted by Gasteiger charge is -2.39. The number of fused-ring (bicyclic) bond motifs is 2. The monoisotopic (exact) mass is 603 g/mol. The van der Waals surface area contributed by atoms with Crippen LogP contribution in [-0.4, -0.2) is 61.1 Å². The van der Waals surface area contributed by atoms with Crippen LogP contribution in [0.5, 0.6) is 0 Å².